The zero-order valence-electron chi connectivity index (χ0n) is 9.72. The van der Waals surface area contributed by atoms with Gasteiger partial charge in [0.25, 0.3) is 0 Å². The van der Waals surface area contributed by atoms with Gasteiger partial charge in [0.15, 0.2) is 0 Å². The molecule has 1 heterocycles. The first-order valence-electron chi connectivity index (χ1n) is 5.93. The Kier molecular flexibility index (Phi) is 3.43. The molecule has 0 radical (unpaired) electrons. The summed E-state index contributed by atoms with van der Waals surface area (Å²) in [5, 5.41) is 3.38. The third-order valence-corrected chi connectivity index (χ3v) is 3.45. The minimum absolute atomic E-state index is 0.349. The highest BCUT2D eigenvalue weighted by Gasteiger charge is 2.31. The molecule has 1 aromatic carbocycles. The van der Waals surface area contributed by atoms with E-state index >= 15 is 0 Å². The van der Waals surface area contributed by atoms with Crippen molar-refractivity contribution in [2.45, 2.75) is 37.9 Å². The molecule has 1 saturated heterocycles. The van der Waals surface area contributed by atoms with Crippen LogP contribution in [-0.4, -0.2) is 12.6 Å². The van der Waals surface area contributed by atoms with Crippen molar-refractivity contribution in [1.29, 1.82) is 0 Å². The van der Waals surface area contributed by atoms with E-state index in [1.807, 2.05) is 0 Å². The lowest BCUT2D eigenvalue weighted by Gasteiger charge is -2.18. The molecule has 0 saturated carbocycles. The molecule has 0 aliphatic carbocycles. The highest BCUT2D eigenvalue weighted by molar-refractivity contribution is 5.28. The van der Waals surface area contributed by atoms with Crippen LogP contribution in [0.1, 0.15) is 36.8 Å². The molecule has 1 aliphatic rings. The molecular formula is C13H16F3N. The maximum atomic E-state index is 12.4. The molecule has 4 heteroatoms. The predicted octanol–water partition coefficient (Wildman–Crippen LogP) is 3.56. The van der Waals surface area contributed by atoms with Crippen LogP contribution in [0, 0.1) is 0 Å². The molecule has 1 nitrogen and oxygen atoms in total. The van der Waals surface area contributed by atoms with Crippen molar-refractivity contribution in [2.24, 2.45) is 0 Å². The minimum Gasteiger partial charge on any atom is -0.313 e. The lowest BCUT2D eigenvalue weighted by atomic mass is 9.90. The molecule has 17 heavy (non-hydrogen) atoms. The van der Waals surface area contributed by atoms with Gasteiger partial charge >= 0.3 is 6.18 Å². The van der Waals surface area contributed by atoms with Gasteiger partial charge in [-0.2, -0.15) is 13.2 Å². The molecule has 2 atom stereocenters. The summed E-state index contributed by atoms with van der Waals surface area (Å²) in [4.78, 5) is 0. The van der Waals surface area contributed by atoms with Crippen LogP contribution in [-0.2, 0) is 6.18 Å². The number of hydrogen-bond donors (Lipinski definition) is 1. The molecule has 1 aliphatic heterocycles. The third-order valence-electron chi connectivity index (χ3n) is 3.45. The summed E-state index contributed by atoms with van der Waals surface area (Å²) in [6.07, 6.45) is -2.23. The number of benzene rings is 1. The maximum absolute atomic E-state index is 12.4. The van der Waals surface area contributed by atoms with Crippen LogP contribution >= 0.6 is 0 Å². The molecular weight excluding hydrogens is 227 g/mol. The van der Waals surface area contributed by atoms with Gasteiger partial charge in [-0.1, -0.05) is 19.1 Å². The second-order valence-corrected chi connectivity index (χ2v) is 4.48. The summed E-state index contributed by atoms with van der Waals surface area (Å²) in [6, 6.07) is 5.99. The Balaban J connectivity index is 2.18. The fourth-order valence-corrected chi connectivity index (χ4v) is 2.51. The summed E-state index contributed by atoms with van der Waals surface area (Å²) >= 11 is 0. The van der Waals surface area contributed by atoms with Crippen molar-refractivity contribution >= 4 is 0 Å². The molecule has 0 amide bonds. The molecule has 94 valence electrons. The Morgan fingerprint density at radius 2 is 1.88 bits per heavy atom. The van der Waals surface area contributed by atoms with E-state index < -0.39 is 11.7 Å². The first-order chi connectivity index (χ1) is 8.02. The van der Waals surface area contributed by atoms with E-state index in [-0.39, 0.29) is 0 Å². The Morgan fingerprint density at radius 3 is 2.41 bits per heavy atom. The van der Waals surface area contributed by atoms with Crippen LogP contribution < -0.4 is 5.32 Å². The van der Waals surface area contributed by atoms with E-state index in [1.165, 1.54) is 12.1 Å². The van der Waals surface area contributed by atoms with Crippen molar-refractivity contribution in [1.82, 2.24) is 5.32 Å². The van der Waals surface area contributed by atoms with Crippen LogP contribution in [0.15, 0.2) is 24.3 Å². The SMILES string of the molecule is CCC1NCCC1c1ccc(C(F)(F)F)cc1. The van der Waals surface area contributed by atoms with Gasteiger partial charge in [-0.15, -0.1) is 0 Å². The van der Waals surface area contributed by atoms with E-state index in [1.54, 1.807) is 12.1 Å². The molecule has 1 fully saturated rings. The van der Waals surface area contributed by atoms with Crippen LogP contribution in [0.4, 0.5) is 13.2 Å². The van der Waals surface area contributed by atoms with Gasteiger partial charge in [-0.05, 0) is 37.1 Å². The number of halogens is 3. The highest BCUT2D eigenvalue weighted by atomic mass is 19.4. The molecule has 0 spiro atoms. The Morgan fingerprint density at radius 1 is 1.24 bits per heavy atom. The molecule has 1 N–H and O–H groups in total. The van der Waals surface area contributed by atoms with Crippen molar-refractivity contribution in [3.63, 3.8) is 0 Å². The fourth-order valence-electron chi connectivity index (χ4n) is 2.51. The Bertz CT molecular complexity index is 369. The third kappa shape index (κ3) is 2.63. The standard InChI is InChI=1S/C13H16F3N/c1-2-12-11(7-8-17-12)9-3-5-10(6-4-9)13(14,15)16/h3-6,11-12,17H,2,7-8H2,1H3. The van der Waals surface area contributed by atoms with Gasteiger partial charge in [0.2, 0.25) is 0 Å². The number of nitrogens with one attached hydrogen (secondary N) is 1. The monoisotopic (exact) mass is 243 g/mol. The van der Waals surface area contributed by atoms with E-state index in [4.69, 9.17) is 0 Å². The lowest BCUT2D eigenvalue weighted by Crippen LogP contribution is -2.24. The Labute approximate surface area is 99.0 Å². The van der Waals surface area contributed by atoms with Gasteiger partial charge in [-0.3, -0.25) is 0 Å². The topological polar surface area (TPSA) is 12.0 Å². The second-order valence-electron chi connectivity index (χ2n) is 4.48. The Hall–Kier alpha value is -1.03. The molecule has 0 aromatic heterocycles. The fraction of sp³-hybridized carbons (Fsp3) is 0.538. The zero-order chi connectivity index (χ0) is 12.5. The average Bonchev–Trinajstić information content (AvgIpc) is 2.76. The molecule has 2 rings (SSSR count). The highest BCUT2D eigenvalue weighted by Crippen LogP contribution is 2.33. The summed E-state index contributed by atoms with van der Waals surface area (Å²) in [6.45, 7) is 3.05. The first kappa shape index (κ1) is 12.4. The minimum atomic E-state index is -4.24. The summed E-state index contributed by atoms with van der Waals surface area (Å²) in [7, 11) is 0. The van der Waals surface area contributed by atoms with Crippen molar-refractivity contribution in [2.75, 3.05) is 6.54 Å². The zero-order valence-corrected chi connectivity index (χ0v) is 9.72. The molecule has 0 bridgehead atoms. The summed E-state index contributed by atoms with van der Waals surface area (Å²) in [5.41, 5.74) is 0.440. The van der Waals surface area contributed by atoms with Gasteiger partial charge in [0, 0.05) is 12.0 Å². The summed E-state index contributed by atoms with van der Waals surface area (Å²) < 4.78 is 37.3. The van der Waals surface area contributed by atoms with Gasteiger partial charge < -0.3 is 5.32 Å². The van der Waals surface area contributed by atoms with Crippen LogP contribution in [0.25, 0.3) is 0 Å². The van der Waals surface area contributed by atoms with Crippen molar-refractivity contribution < 1.29 is 13.2 Å². The van der Waals surface area contributed by atoms with Crippen LogP contribution in [0.5, 0.6) is 0 Å². The first-order valence-corrected chi connectivity index (χ1v) is 5.93. The summed E-state index contributed by atoms with van der Waals surface area (Å²) in [5.74, 6) is 0.349. The van der Waals surface area contributed by atoms with Crippen LogP contribution in [0.2, 0.25) is 0 Å². The second kappa shape index (κ2) is 4.69. The predicted molar refractivity (Wildman–Crippen MR) is 60.9 cm³/mol. The average molecular weight is 243 g/mol. The van der Waals surface area contributed by atoms with E-state index in [0.29, 0.717) is 12.0 Å². The number of rotatable bonds is 2. The van der Waals surface area contributed by atoms with Gasteiger partial charge in [-0.25, -0.2) is 0 Å². The smallest absolute Gasteiger partial charge is 0.313 e. The van der Waals surface area contributed by atoms with Crippen LogP contribution in [0.3, 0.4) is 0 Å². The molecule has 2 unspecified atom stereocenters. The van der Waals surface area contributed by atoms with Gasteiger partial charge in [0.1, 0.15) is 0 Å². The number of alkyl halides is 3. The lowest BCUT2D eigenvalue weighted by molar-refractivity contribution is -0.137. The van der Waals surface area contributed by atoms with E-state index in [2.05, 4.69) is 12.2 Å². The quantitative estimate of drug-likeness (QED) is 0.837. The number of hydrogen-bond acceptors (Lipinski definition) is 1. The van der Waals surface area contributed by atoms with Gasteiger partial charge in [0.05, 0.1) is 5.56 Å². The largest absolute Gasteiger partial charge is 0.416 e. The van der Waals surface area contributed by atoms with Crippen molar-refractivity contribution in [3.05, 3.63) is 35.4 Å². The van der Waals surface area contributed by atoms with E-state index in [9.17, 15) is 13.2 Å². The van der Waals surface area contributed by atoms with E-state index in [0.717, 1.165) is 24.9 Å². The normalized spacial score (nSPS) is 25.2. The maximum Gasteiger partial charge on any atom is 0.416 e. The molecule has 1 aromatic rings. The van der Waals surface area contributed by atoms with Crippen molar-refractivity contribution in [3.8, 4) is 0 Å².